The minimum absolute atomic E-state index is 0.312. The molecule has 4 heteroatoms. The molecule has 1 aliphatic heterocycles. The third kappa shape index (κ3) is 3.87. The van der Waals surface area contributed by atoms with E-state index >= 15 is 0 Å². The Morgan fingerprint density at radius 3 is 2.76 bits per heavy atom. The van der Waals surface area contributed by atoms with Crippen molar-refractivity contribution in [3.8, 4) is 0 Å². The molecule has 2 N–H and O–H groups in total. The zero-order chi connectivity index (χ0) is 12.1. The minimum atomic E-state index is 0.312. The van der Waals surface area contributed by atoms with Crippen molar-refractivity contribution in [3.63, 3.8) is 0 Å². The zero-order valence-corrected chi connectivity index (χ0v) is 10.7. The van der Waals surface area contributed by atoms with Crippen LogP contribution in [0.25, 0.3) is 0 Å². The number of aliphatic hydroxyl groups is 1. The van der Waals surface area contributed by atoms with E-state index in [1.165, 1.54) is 0 Å². The molecule has 3 nitrogen and oxygen atoms in total. The average molecular weight is 255 g/mol. The summed E-state index contributed by atoms with van der Waals surface area (Å²) in [4.78, 5) is 0. The lowest BCUT2D eigenvalue weighted by molar-refractivity contribution is 0.179. The van der Waals surface area contributed by atoms with Crippen LogP contribution in [0.1, 0.15) is 19.3 Å². The van der Waals surface area contributed by atoms with Crippen molar-refractivity contribution in [2.75, 3.05) is 25.1 Å². The van der Waals surface area contributed by atoms with Gasteiger partial charge in [-0.15, -0.1) is 0 Å². The standard InChI is InChI=1S/C13H19ClN2O/c14-12-2-1-3-13(10-12)15-16-7-4-11(5-8-16)6-9-17/h1-3,10-11,15,17H,4-9H2. The molecule has 0 atom stereocenters. The maximum absolute atomic E-state index is 8.91. The lowest BCUT2D eigenvalue weighted by Crippen LogP contribution is -2.38. The van der Waals surface area contributed by atoms with Gasteiger partial charge in [-0.3, -0.25) is 0 Å². The monoisotopic (exact) mass is 254 g/mol. The van der Waals surface area contributed by atoms with Gasteiger partial charge in [-0.25, -0.2) is 5.01 Å². The summed E-state index contributed by atoms with van der Waals surface area (Å²) in [5.74, 6) is 0.678. The molecule has 0 aromatic heterocycles. The smallest absolute Gasteiger partial charge is 0.0504 e. The Bertz CT molecular complexity index is 351. The number of piperidine rings is 1. The third-order valence-corrected chi connectivity index (χ3v) is 3.50. The molecule has 0 saturated carbocycles. The molecule has 17 heavy (non-hydrogen) atoms. The molecule has 1 heterocycles. The van der Waals surface area contributed by atoms with Crippen molar-refractivity contribution in [3.05, 3.63) is 29.3 Å². The Kier molecular flexibility index (Phi) is 4.66. The molecule has 0 aliphatic carbocycles. The van der Waals surface area contributed by atoms with Crippen LogP contribution < -0.4 is 5.43 Å². The highest BCUT2D eigenvalue weighted by Gasteiger charge is 2.18. The highest BCUT2D eigenvalue weighted by Crippen LogP contribution is 2.21. The van der Waals surface area contributed by atoms with E-state index in [9.17, 15) is 0 Å². The summed E-state index contributed by atoms with van der Waals surface area (Å²) in [5.41, 5.74) is 4.41. The van der Waals surface area contributed by atoms with Crippen LogP contribution in [0.3, 0.4) is 0 Å². The number of hydrogen-bond donors (Lipinski definition) is 2. The Morgan fingerprint density at radius 1 is 1.35 bits per heavy atom. The first-order valence-corrected chi connectivity index (χ1v) is 6.54. The van der Waals surface area contributed by atoms with E-state index in [0.29, 0.717) is 12.5 Å². The number of halogens is 1. The molecule has 0 radical (unpaired) electrons. The minimum Gasteiger partial charge on any atom is -0.396 e. The van der Waals surface area contributed by atoms with E-state index in [4.69, 9.17) is 16.7 Å². The number of nitrogens with zero attached hydrogens (tertiary/aromatic N) is 1. The van der Waals surface area contributed by atoms with Gasteiger partial charge < -0.3 is 10.5 Å². The molecule has 1 fully saturated rings. The van der Waals surface area contributed by atoms with Crippen molar-refractivity contribution >= 4 is 17.3 Å². The molecule has 0 unspecified atom stereocenters. The summed E-state index contributed by atoms with van der Waals surface area (Å²) < 4.78 is 0. The molecule has 1 saturated heterocycles. The first kappa shape index (κ1) is 12.7. The van der Waals surface area contributed by atoms with Gasteiger partial charge >= 0.3 is 0 Å². The number of hydrogen-bond acceptors (Lipinski definition) is 3. The Hall–Kier alpha value is -0.770. The molecule has 1 aromatic carbocycles. The third-order valence-electron chi connectivity index (χ3n) is 3.26. The number of benzene rings is 1. The van der Waals surface area contributed by atoms with E-state index in [1.54, 1.807) is 0 Å². The van der Waals surface area contributed by atoms with Crippen LogP contribution in [0.4, 0.5) is 5.69 Å². The van der Waals surface area contributed by atoms with Gasteiger partial charge in [0.1, 0.15) is 0 Å². The molecule has 1 aliphatic rings. The maximum atomic E-state index is 8.91. The summed E-state index contributed by atoms with van der Waals surface area (Å²) in [6.07, 6.45) is 3.23. The van der Waals surface area contributed by atoms with Gasteiger partial charge in [-0.2, -0.15) is 0 Å². The second-order valence-corrected chi connectivity index (χ2v) is 5.00. The van der Waals surface area contributed by atoms with Crippen molar-refractivity contribution in [2.45, 2.75) is 19.3 Å². The van der Waals surface area contributed by atoms with Gasteiger partial charge in [-0.1, -0.05) is 17.7 Å². The fourth-order valence-corrected chi connectivity index (χ4v) is 2.45. The van der Waals surface area contributed by atoms with Crippen LogP contribution in [0.5, 0.6) is 0 Å². The van der Waals surface area contributed by atoms with E-state index in [1.807, 2.05) is 24.3 Å². The van der Waals surface area contributed by atoms with Gasteiger partial charge in [0, 0.05) is 24.7 Å². The van der Waals surface area contributed by atoms with Crippen LogP contribution >= 0.6 is 11.6 Å². The molecular weight excluding hydrogens is 236 g/mol. The van der Waals surface area contributed by atoms with Crippen molar-refractivity contribution in [1.82, 2.24) is 5.01 Å². The maximum Gasteiger partial charge on any atom is 0.0504 e. The van der Waals surface area contributed by atoms with Gasteiger partial charge in [0.15, 0.2) is 0 Å². The molecule has 0 bridgehead atoms. The van der Waals surface area contributed by atoms with Gasteiger partial charge in [-0.05, 0) is 43.4 Å². The molecule has 0 spiro atoms. The van der Waals surface area contributed by atoms with Crippen LogP contribution in [0.15, 0.2) is 24.3 Å². The molecule has 1 aromatic rings. The predicted molar refractivity (Wildman–Crippen MR) is 71.1 cm³/mol. The van der Waals surface area contributed by atoms with Crippen LogP contribution in [-0.4, -0.2) is 29.8 Å². The van der Waals surface area contributed by atoms with E-state index in [2.05, 4.69) is 10.4 Å². The second-order valence-electron chi connectivity index (χ2n) is 4.56. The SMILES string of the molecule is OCCC1CCN(Nc2cccc(Cl)c2)CC1. The first-order valence-electron chi connectivity index (χ1n) is 6.16. The lowest BCUT2D eigenvalue weighted by atomic mass is 9.95. The fourth-order valence-electron chi connectivity index (χ4n) is 2.26. The number of anilines is 1. The number of nitrogens with one attached hydrogen (secondary N) is 1. The molecule has 2 rings (SSSR count). The van der Waals surface area contributed by atoms with Crippen LogP contribution in [0.2, 0.25) is 5.02 Å². The largest absolute Gasteiger partial charge is 0.396 e. The summed E-state index contributed by atoms with van der Waals surface area (Å²) in [7, 11) is 0. The highest BCUT2D eigenvalue weighted by atomic mass is 35.5. The molecular formula is C13H19ClN2O. The summed E-state index contributed by atoms with van der Waals surface area (Å²) >= 11 is 5.94. The average Bonchev–Trinajstić information content (AvgIpc) is 2.32. The first-order chi connectivity index (χ1) is 8.28. The van der Waals surface area contributed by atoms with Gasteiger partial charge in [0.25, 0.3) is 0 Å². The highest BCUT2D eigenvalue weighted by molar-refractivity contribution is 6.30. The topological polar surface area (TPSA) is 35.5 Å². The van der Waals surface area contributed by atoms with Gasteiger partial charge in [0.05, 0.1) is 5.69 Å². The van der Waals surface area contributed by atoms with E-state index < -0.39 is 0 Å². The molecule has 94 valence electrons. The van der Waals surface area contributed by atoms with Crippen LogP contribution in [0, 0.1) is 5.92 Å². The fraction of sp³-hybridized carbons (Fsp3) is 0.538. The Balaban J connectivity index is 1.82. The predicted octanol–water partition coefficient (Wildman–Crippen LogP) is 2.76. The Labute approximate surface area is 107 Å². The lowest BCUT2D eigenvalue weighted by Gasteiger charge is -2.32. The molecule has 0 amide bonds. The van der Waals surface area contributed by atoms with E-state index in [0.717, 1.165) is 43.1 Å². The summed E-state index contributed by atoms with van der Waals surface area (Å²) in [6, 6.07) is 7.77. The Morgan fingerprint density at radius 2 is 2.12 bits per heavy atom. The van der Waals surface area contributed by atoms with Crippen molar-refractivity contribution < 1.29 is 5.11 Å². The summed E-state index contributed by atoms with van der Waals surface area (Å²) in [6.45, 7) is 2.36. The zero-order valence-electron chi connectivity index (χ0n) is 9.90. The summed E-state index contributed by atoms with van der Waals surface area (Å²) in [5, 5.41) is 11.9. The van der Waals surface area contributed by atoms with Crippen LogP contribution in [-0.2, 0) is 0 Å². The van der Waals surface area contributed by atoms with Crippen molar-refractivity contribution in [1.29, 1.82) is 0 Å². The van der Waals surface area contributed by atoms with Gasteiger partial charge in [0.2, 0.25) is 0 Å². The quantitative estimate of drug-likeness (QED) is 0.867. The second kappa shape index (κ2) is 6.24. The van der Waals surface area contributed by atoms with E-state index in [-0.39, 0.29) is 0 Å². The normalized spacial score (nSPS) is 18.2. The number of aliphatic hydroxyl groups excluding tert-OH is 1. The number of hydrazine groups is 1. The number of rotatable bonds is 4. The van der Waals surface area contributed by atoms with Crippen molar-refractivity contribution in [2.24, 2.45) is 5.92 Å².